The maximum Gasteiger partial charge on any atom is 0.312 e. The first-order chi connectivity index (χ1) is 12.3. The molecule has 0 spiro atoms. The number of nitrogens with one attached hydrogen (secondary N) is 2. The molecule has 0 aliphatic rings. The molecule has 0 saturated carbocycles. The Labute approximate surface area is 166 Å². The minimum Gasteiger partial charge on any atom is -0.496 e. The van der Waals surface area contributed by atoms with E-state index in [1.165, 1.54) is 13.2 Å². The number of ether oxygens (including phenoxy) is 1. The highest BCUT2D eigenvalue weighted by molar-refractivity contribution is 14.1. The molecular weight excluding hydrogens is 453 g/mol. The van der Waals surface area contributed by atoms with Gasteiger partial charge in [0.15, 0.2) is 0 Å². The number of carboxylic acids is 1. The average molecular weight is 477 g/mol. The molecule has 1 aromatic rings. The predicted octanol–water partition coefficient (Wildman–Crippen LogP) is 1.78. The van der Waals surface area contributed by atoms with Gasteiger partial charge in [0.25, 0.3) is 5.91 Å². The number of nitrogens with zero attached hydrogens (tertiary/aromatic N) is 1. The highest BCUT2D eigenvalue weighted by Gasteiger charge is 2.17. The third-order valence-electron chi connectivity index (χ3n) is 3.73. The van der Waals surface area contributed by atoms with Crippen LogP contribution in [0.3, 0.4) is 0 Å². The summed E-state index contributed by atoms with van der Waals surface area (Å²) < 4.78 is 5.86. The van der Waals surface area contributed by atoms with Crippen LogP contribution in [0.1, 0.15) is 30.6 Å². The third-order valence-corrected chi connectivity index (χ3v) is 4.62. The Morgan fingerprint density at radius 3 is 2.42 bits per heavy atom. The number of rotatable bonds is 10. The molecule has 0 aliphatic carbocycles. The van der Waals surface area contributed by atoms with Crippen LogP contribution in [0.4, 0.5) is 5.69 Å². The van der Waals surface area contributed by atoms with Gasteiger partial charge in [-0.25, -0.2) is 0 Å². The summed E-state index contributed by atoms with van der Waals surface area (Å²) in [7, 11) is 1.43. The molecule has 1 aromatic carbocycles. The molecule has 0 bridgehead atoms. The molecule has 8 nitrogen and oxygen atoms in total. The monoisotopic (exact) mass is 477 g/mol. The van der Waals surface area contributed by atoms with Crippen LogP contribution in [0.2, 0.25) is 0 Å². The molecule has 0 atom stereocenters. The van der Waals surface area contributed by atoms with E-state index in [0.717, 1.165) is 19.6 Å². The van der Waals surface area contributed by atoms with Gasteiger partial charge in [-0.1, -0.05) is 13.8 Å². The van der Waals surface area contributed by atoms with Crippen LogP contribution < -0.4 is 15.4 Å². The number of benzene rings is 1. The van der Waals surface area contributed by atoms with Crippen LogP contribution in [0.5, 0.6) is 5.75 Å². The number of hydrogen-bond donors (Lipinski definition) is 3. The summed E-state index contributed by atoms with van der Waals surface area (Å²) in [5.41, 5.74) is 0.751. The van der Waals surface area contributed by atoms with Gasteiger partial charge in [0.2, 0.25) is 5.91 Å². The van der Waals surface area contributed by atoms with Gasteiger partial charge in [-0.05, 0) is 41.7 Å². The first-order valence-electron chi connectivity index (χ1n) is 8.22. The SMILES string of the molecule is CCN(CC)CCNC(=O)c1cc(I)c(NC(=O)CC(=O)O)cc1OC. The van der Waals surface area contributed by atoms with Gasteiger partial charge in [-0.3, -0.25) is 14.4 Å². The van der Waals surface area contributed by atoms with Crippen molar-refractivity contribution in [3.8, 4) is 5.75 Å². The number of aliphatic carboxylic acids is 1. The maximum absolute atomic E-state index is 12.4. The van der Waals surface area contributed by atoms with Gasteiger partial charge in [0, 0.05) is 22.7 Å². The minimum atomic E-state index is -1.21. The highest BCUT2D eigenvalue weighted by atomic mass is 127. The maximum atomic E-state index is 12.4. The Morgan fingerprint density at radius 1 is 1.23 bits per heavy atom. The van der Waals surface area contributed by atoms with Crippen LogP contribution in [0.25, 0.3) is 0 Å². The average Bonchev–Trinajstić information content (AvgIpc) is 2.59. The zero-order chi connectivity index (χ0) is 19.7. The van der Waals surface area contributed by atoms with E-state index in [4.69, 9.17) is 9.84 Å². The molecule has 0 unspecified atom stereocenters. The molecule has 2 amide bonds. The molecule has 0 heterocycles. The fourth-order valence-electron chi connectivity index (χ4n) is 2.29. The van der Waals surface area contributed by atoms with Crippen molar-refractivity contribution < 1.29 is 24.2 Å². The summed E-state index contributed by atoms with van der Waals surface area (Å²) in [4.78, 5) is 36.9. The van der Waals surface area contributed by atoms with Gasteiger partial charge in [0.1, 0.15) is 12.2 Å². The summed E-state index contributed by atoms with van der Waals surface area (Å²) in [5, 5.41) is 14.0. The molecule has 26 heavy (non-hydrogen) atoms. The van der Waals surface area contributed by atoms with E-state index in [1.807, 2.05) is 22.6 Å². The Balaban J connectivity index is 2.86. The number of amides is 2. The van der Waals surface area contributed by atoms with E-state index >= 15 is 0 Å². The zero-order valence-electron chi connectivity index (χ0n) is 15.1. The Bertz CT molecular complexity index is 662. The quantitative estimate of drug-likeness (QED) is 0.351. The second kappa shape index (κ2) is 11.0. The molecular formula is C17H24IN3O5. The van der Waals surface area contributed by atoms with Crippen LogP contribution in [0.15, 0.2) is 12.1 Å². The van der Waals surface area contributed by atoms with Gasteiger partial charge in [-0.2, -0.15) is 0 Å². The van der Waals surface area contributed by atoms with Crippen molar-refractivity contribution in [2.75, 3.05) is 38.6 Å². The van der Waals surface area contributed by atoms with Crippen LogP contribution in [0, 0.1) is 3.57 Å². The molecule has 9 heteroatoms. The summed E-state index contributed by atoms with van der Waals surface area (Å²) in [6, 6.07) is 3.11. The van der Waals surface area contributed by atoms with Crippen LogP contribution in [-0.2, 0) is 9.59 Å². The molecule has 0 saturated heterocycles. The second-order valence-electron chi connectivity index (χ2n) is 5.43. The lowest BCUT2D eigenvalue weighted by Gasteiger charge is -2.18. The smallest absolute Gasteiger partial charge is 0.312 e. The third kappa shape index (κ3) is 6.79. The normalized spacial score (nSPS) is 10.5. The topological polar surface area (TPSA) is 108 Å². The van der Waals surface area contributed by atoms with Crippen molar-refractivity contribution in [1.29, 1.82) is 0 Å². The number of hydrogen-bond acceptors (Lipinski definition) is 5. The Morgan fingerprint density at radius 2 is 1.88 bits per heavy atom. The lowest BCUT2D eigenvalue weighted by atomic mass is 10.1. The number of carbonyl (C=O) groups is 3. The standard InChI is InChI=1S/C17H24IN3O5/c1-4-21(5-2)7-6-19-17(25)11-8-12(18)13(9-14(11)26-3)20-15(22)10-16(23)24/h8-9H,4-7,10H2,1-3H3,(H,19,25)(H,20,22)(H,23,24). The van der Waals surface area contributed by atoms with E-state index in [0.29, 0.717) is 27.1 Å². The first-order valence-corrected chi connectivity index (χ1v) is 9.29. The van der Waals surface area contributed by atoms with Crippen molar-refractivity contribution in [2.45, 2.75) is 20.3 Å². The fourth-order valence-corrected chi connectivity index (χ4v) is 2.89. The summed E-state index contributed by atoms with van der Waals surface area (Å²) >= 11 is 1.97. The van der Waals surface area contributed by atoms with Gasteiger partial charge < -0.3 is 25.4 Å². The van der Waals surface area contributed by atoms with E-state index < -0.39 is 18.3 Å². The lowest BCUT2D eigenvalue weighted by molar-refractivity contribution is -0.139. The Hall–Kier alpha value is -1.88. The molecule has 0 aliphatic heterocycles. The second-order valence-corrected chi connectivity index (χ2v) is 6.60. The number of anilines is 1. The van der Waals surface area contributed by atoms with Crippen LogP contribution in [-0.4, -0.2) is 61.1 Å². The summed E-state index contributed by atoms with van der Waals surface area (Å²) in [6.07, 6.45) is -0.633. The zero-order valence-corrected chi connectivity index (χ0v) is 17.3. The molecule has 0 aromatic heterocycles. The number of carboxylic acid groups (broad SMARTS) is 1. The number of methoxy groups -OCH3 is 1. The van der Waals surface area contributed by atoms with Crippen molar-refractivity contribution in [3.05, 3.63) is 21.3 Å². The number of halogens is 1. The van der Waals surface area contributed by atoms with Gasteiger partial charge in [0.05, 0.1) is 18.4 Å². The number of carbonyl (C=O) groups excluding carboxylic acids is 2. The molecule has 144 valence electrons. The largest absolute Gasteiger partial charge is 0.496 e. The van der Waals surface area contributed by atoms with E-state index in [9.17, 15) is 14.4 Å². The van der Waals surface area contributed by atoms with Crippen LogP contribution >= 0.6 is 22.6 Å². The first kappa shape index (κ1) is 22.2. The van der Waals surface area contributed by atoms with Crippen molar-refractivity contribution in [3.63, 3.8) is 0 Å². The molecule has 1 rings (SSSR count). The predicted molar refractivity (Wildman–Crippen MR) is 107 cm³/mol. The van der Waals surface area contributed by atoms with E-state index in [2.05, 4.69) is 29.4 Å². The molecule has 0 fully saturated rings. The lowest BCUT2D eigenvalue weighted by Crippen LogP contribution is -2.35. The van der Waals surface area contributed by atoms with Crippen molar-refractivity contribution >= 4 is 46.1 Å². The minimum absolute atomic E-state index is 0.268. The summed E-state index contributed by atoms with van der Waals surface area (Å²) in [6.45, 7) is 7.22. The highest BCUT2D eigenvalue weighted by Crippen LogP contribution is 2.28. The molecule has 3 N–H and O–H groups in total. The van der Waals surface area contributed by atoms with E-state index in [-0.39, 0.29) is 5.91 Å². The van der Waals surface area contributed by atoms with Crippen molar-refractivity contribution in [2.24, 2.45) is 0 Å². The summed E-state index contributed by atoms with van der Waals surface area (Å²) in [5.74, 6) is -1.82. The Kier molecular flexibility index (Phi) is 9.35. The molecule has 0 radical (unpaired) electrons. The fraction of sp³-hybridized carbons (Fsp3) is 0.471. The van der Waals surface area contributed by atoms with Gasteiger partial charge >= 0.3 is 5.97 Å². The number of likely N-dealkylation sites (N-methyl/N-ethyl adjacent to an activating group) is 1. The van der Waals surface area contributed by atoms with Crippen molar-refractivity contribution in [1.82, 2.24) is 10.2 Å². The van der Waals surface area contributed by atoms with Gasteiger partial charge in [-0.15, -0.1) is 0 Å². The van der Waals surface area contributed by atoms with E-state index in [1.54, 1.807) is 6.07 Å².